The minimum atomic E-state index is -0.0242. The molecule has 0 saturated carbocycles. The van der Waals surface area contributed by atoms with Crippen LogP contribution in [0.5, 0.6) is 0 Å². The number of para-hydroxylation sites is 1. The number of halogens is 1. The van der Waals surface area contributed by atoms with Gasteiger partial charge in [0.05, 0.1) is 27.4 Å². The second-order valence-corrected chi connectivity index (χ2v) is 10.1. The molecule has 1 aliphatic rings. The molecule has 1 amide bonds. The summed E-state index contributed by atoms with van der Waals surface area (Å²) in [4.78, 5) is 27.4. The molecule has 7 nitrogen and oxygen atoms in total. The molecule has 0 spiro atoms. The van der Waals surface area contributed by atoms with Crippen LogP contribution in [0.15, 0.2) is 54.6 Å². The van der Waals surface area contributed by atoms with Gasteiger partial charge in [-0.25, -0.2) is 14.6 Å². The van der Waals surface area contributed by atoms with E-state index in [0.29, 0.717) is 36.1 Å². The van der Waals surface area contributed by atoms with Crippen LogP contribution in [0.1, 0.15) is 42.1 Å². The zero-order valence-corrected chi connectivity index (χ0v) is 21.7. The van der Waals surface area contributed by atoms with Gasteiger partial charge in [-0.15, -0.1) is 0 Å². The molecule has 3 heterocycles. The molecule has 8 heteroatoms. The van der Waals surface area contributed by atoms with E-state index in [9.17, 15) is 4.79 Å². The van der Waals surface area contributed by atoms with E-state index in [1.54, 1.807) is 12.1 Å². The third kappa shape index (κ3) is 4.80. The summed E-state index contributed by atoms with van der Waals surface area (Å²) in [7, 11) is 0. The van der Waals surface area contributed by atoms with Gasteiger partial charge in [0.25, 0.3) is 5.91 Å². The minimum absolute atomic E-state index is 0.0242. The first-order valence-electron chi connectivity index (χ1n) is 12.5. The summed E-state index contributed by atoms with van der Waals surface area (Å²) in [5.41, 5.74) is 3.25. The Morgan fingerprint density at radius 3 is 2.47 bits per heavy atom. The topological polar surface area (TPSA) is 67.2 Å². The number of aromatic nitrogens is 4. The Kier molecular flexibility index (Phi) is 6.92. The van der Waals surface area contributed by atoms with Crippen molar-refractivity contribution in [1.29, 1.82) is 0 Å². The lowest BCUT2D eigenvalue weighted by atomic mass is 10.1. The molecule has 186 valence electrons. The van der Waals surface area contributed by atoms with Crippen molar-refractivity contribution in [1.82, 2.24) is 24.6 Å². The number of nitrogens with zero attached hydrogens (tertiary/aromatic N) is 6. The predicted molar refractivity (Wildman–Crippen MR) is 144 cm³/mol. The van der Waals surface area contributed by atoms with Crippen LogP contribution in [0.3, 0.4) is 0 Å². The highest BCUT2D eigenvalue weighted by molar-refractivity contribution is 6.33. The monoisotopic (exact) mass is 502 g/mol. The number of anilines is 1. The van der Waals surface area contributed by atoms with Crippen molar-refractivity contribution in [2.75, 3.05) is 31.1 Å². The Morgan fingerprint density at radius 1 is 0.972 bits per heavy atom. The van der Waals surface area contributed by atoms with Crippen LogP contribution >= 0.6 is 11.6 Å². The number of carbonyl (C=O) groups excluding carboxylic acids is 1. The first-order chi connectivity index (χ1) is 17.4. The Bertz CT molecular complexity index is 1380. The zero-order chi connectivity index (χ0) is 25.2. The lowest BCUT2D eigenvalue weighted by Gasteiger charge is -2.24. The summed E-state index contributed by atoms with van der Waals surface area (Å²) in [6.07, 6.45) is 1.62. The van der Waals surface area contributed by atoms with Crippen LogP contribution in [0.25, 0.3) is 16.7 Å². The quantitative estimate of drug-likeness (QED) is 0.369. The highest BCUT2D eigenvalue weighted by atomic mass is 35.5. The van der Waals surface area contributed by atoms with Gasteiger partial charge in [-0.3, -0.25) is 4.79 Å². The number of benzene rings is 2. The molecular formula is C28H31ClN6O. The molecule has 0 radical (unpaired) electrons. The number of aryl methyl sites for hydroxylation is 1. The van der Waals surface area contributed by atoms with E-state index in [2.05, 4.69) is 18.7 Å². The Hall–Kier alpha value is -3.45. The third-order valence-electron chi connectivity index (χ3n) is 6.51. The Morgan fingerprint density at radius 2 is 1.72 bits per heavy atom. The number of hydrogen-bond donors (Lipinski definition) is 0. The van der Waals surface area contributed by atoms with Crippen LogP contribution in [-0.2, 0) is 6.42 Å². The van der Waals surface area contributed by atoms with Crippen LogP contribution in [0.2, 0.25) is 5.02 Å². The van der Waals surface area contributed by atoms with Gasteiger partial charge in [0.1, 0.15) is 11.6 Å². The summed E-state index contributed by atoms with van der Waals surface area (Å²) < 4.78 is 1.92. The highest BCUT2D eigenvalue weighted by Gasteiger charge is 2.26. The van der Waals surface area contributed by atoms with E-state index < -0.39 is 0 Å². The molecule has 0 aliphatic carbocycles. The van der Waals surface area contributed by atoms with Crippen molar-refractivity contribution in [2.45, 2.75) is 33.6 Å². The van der Waals surface area contributed by atoms with Crippen molar-refractivity contribution in [3.05, 3.63) is 76.7 Å². The number of rotatable bonds is 5. The van der Waals surface area contributed by atoms with Gasteiger partial charge in [0.15, 0.2) is 5.65 Å². The molecule has 2 aromatic carbocycles. The summed E-state index contributed by atoms with van der Waals surface area (Å²) in [6.45, 7) is 9.13. The lowest BCUT2D eigenvalue weighted by Crippen LogP contribution is -2.35. The maximum atomic E-state index is 13.2. The van der Waals surface area contributed by atoms with Crippen LogP contribution in [0.4, 0.5) is 5.82 Å². The molecule has 0 unspecified atom stereocenters. The normalized spacial score (nSPS) is 14.5. The fourth-order valence-corrected chi connectivity index (χ4v) is 4.99. The number of hydrogen-bond acceptors (Lipinski definition) is 5. The number of fused-ring (bicyclic) bond motifs is 1. The fraction of sp³-hybridized carbons (Fsp3) is 0.357. The highest BCUT2D eigenvalue weighted by Crippen LogP contribution is 2.30. The van der Waals surface area contributed by atoms with Crippen molar-refractivity contribution in [3.63, 3.8) is 0 Å². The van der Waals surface area contributed by atoms with E-state index >= 15 is 0 Å². The summed E-state index contributed by atoms with van der Waals surface area (Å²) >= 11 is 6.31. The molecule has 1 fully saturated rings. The minimum Gasteiger partial charge on any atom is -0.354 e. The lowest BCUT2D eigenvalue weighted by molar-refractivity contribution is 0.0767. The van der Waals surface area contributed by atoms with E-state index in [-0.39, 0.29) is 5.91 Å². The van der Waals surface area contributed by atoms with Crippen molar-refractivity contribution in [3.8, 4) is 5.69 Å². The van der Waals surface area contributed by atoms with Crippen LogP contribution in [0, 0.1) is 12.8 Å². The predicted octanol–water partition coefficient (Wildman–Crippen LogP) is 5.33. The van der Waals surface area contributed by atoms with Gasteiger partial charge < -0.3 is 9.80 Å². The smallest absolute Gasteiger partial charge is 0.255 e. The average Bonchev–Trinajstić information content (AvgIpc) is 3.04. The number of carbonyl (C=O) groups is 1. The summed E-state index contributed by atoms with van der Waals surface area (Å²) in [5.74, 6) is 2.13. The largest absolute Gasteiger partial charge is 0.354 e. The van der Waals surface area contributed by atoms with Crippen molar-refractivity contribution >= 4 is 34.4 Å². The molecule has 1 aliphatic heterocycles. The maximum absolute atomic E-state index is 13.2. The standard InChI is InChI=1S/C28H31ClN6O/c1-19(2)18-24-30-26(25-20(3)32-35(27(25)31-24)21-10-5-4-6-11-21)33-14-9-15-34(17-16-33)28(36)22-12-7-8-13-23(22)29/h4-8,10-13,19H,9,14-18H2,1-3H3. The third-order valence-corrected chi connectivity index (χ3v) is 6.84. The Labute approximate surface area is 216 Å². The molecule has 36 heavy (non-hydrogen) atoms. The van der Waals surface area contributed by atoms with Crippen LogP contribution in [-0.4, -0.2) is 56.7 Å². The maximum Gasteiger partial charge on any atom is 0.255 e. The molecule has 4 aromatic rings. The Balaban J connectivity index is 1.51. The van der Waals surface area contributed by atoms with Crippen molar-refractivity contribution < 1.29 is 4.79 Å². The first-order valence-corrected chi connectivity index (χ1v) is 12.9. The second-order valence-electron chi connectivity index (χ2n) is 9.71. The average molecular weight is 503 g/mol. The molecule has 0 N–H and O–H groups in total. The van der Waals surface area contributed by atoms with Gasteiger partial charge >= 0.3 is 0 Å². The van der Waals surface area contributed by atoms with Gasteiger partial charge in [-0.05, 0) is 43.5 Å². The number of amides is 1. The molecule has 0 atom stereocenters. The second kappa shape index (κ2) is 10.3. The van der Waals surface area contributed by atoms with Crippen LogP contribution < -0.4 is 4.90 Å². The summed E-state index contributed by atoms with van der Waals surface area (Å²) in [5, 5.41) is 6.32. The molecular weight excluding hydrogens is 472 g/mol. The van der Waals surface area contributed by atoms with E-state index in [1.165, 1.54) is 0 Å². The molecule has 0 bridgehead atoms. The molecule has 2 aromatic heterocycles. The van der Waals surface area contributed by atoms with Crippen molar-refractivity contribution in [2.24, 2.45) is 5.92 Å². The van der Waals surface area contributed by atoms with Gasteiger partial charge in [-0.2, -0.15) is 5.10 Å². The molecule has 1 saturated heterocycles. The fourth-order valence-electron chi connectivity index (χ4n) is 4.78. The van der Waals surface area contributed by atoms with Gasteiger partial charge in [0, 0.05) is 32.6 Å². The first kappa shape index (κ1) is 24.3. The van der Waals surface area contributed by atoms with Gasteiger partial charge in [-0.1, -0.05) is 55.8 Å². The SMILES string of the molecule is Cc1nn(-c2ccccc2)c2nc(CC(C)C)nc(N3CCCN(C(=O)c4ccccc4Cl)CC3)c12. The van der Waals surface area contributed by atoms with E-state index in [1.807, 2.05) is 59.0 Å². The molecule has 5 rings (SSSR count). The zero-order valence-electron chi connectivity index (χ0n) is 21.0. The van der Waals surface area contributed by atoms with E-state index in [0.717, 1.165) is 53.4 Å². The van der Waals surface area contributed by atoms with Gasteiger partial charge in [0.2, 0.25) is 0 Å². The van der Waals surface area contributed by atoms with E-state index in [4.69, 9.17) is 26.7 Å². The summed E-state index contributed by atoms with van der Waals surface area (Å²) in [6, 6.07) is 17.4.